The zero-order valence-corrected chi connectivity index (χ0v) is 9.16. The van der Waals surface area contributed by atoms with Crippen LogP contribution in [0.1, 0.15) is 17.5 Å². The predicted octanol–water partition coefficient (Wildman–Crippen LogP) is 0.927. The summed E-state index contributed by atoms with van der Waals surface area (Å²) >= 11 is 0. The predicted molar refractivity (Wildman–Crippen MR) is 60.2 cm³/mol. The van der Waals surface area contributed by atoms with Crippen LogP contribution >= 0.6 is 0 Å². The van der Waals surface area contributed by atoms with Crippen molar-refractivity contribution < 1.29 is 4.74 Å². The largest absolute Gasteiger partial charge is 0.368 e. The maximum Gasteiger partial charge on any atom is 0.177 e. The lowest BCUT2D eigenvalue weighted by Crippen LogP contribution is -2.33. The number of nitrogens with one attached hydrogen (secondary N) is 2. The van der Waals surface area contributed by atoms with Gasteiger partial charge < -0.3 is 15.0 Å². The second-order valence-corrected chi connectivity index (χ2v) is 4.07. The van der Waals surface area contributed by atoms with E-state index in [2.05, 4.69) is 26.3 Å². The molecule has 0 aliphatic carbocycles. The number of hydrogen-bond acceptors (Lipinski definition) is 4. The minimum atomic E-state index is 0.0169. The lowest BCUT2D eigenvalue weighted by atomic mass is 10.3. The highest BCUT2D eigenvalue weighted by atomic mass is 16.5. The summed E-state index contributed by atoms with van der Waals surface area (Å²) in [6, 6.07) is 2.05. The number of imidazole rings is 1. The van der Waals surface area contributed by atoms with Crippen LogP contribution in [0.5, 0.6) is 0 Å². The van der Waals surface area contributed by atoms with Crippen molar-refractivity contribution in [3.8, 4) is 0 Å². The van der Waals surface area contributed by atoms with Gasteiger partial charge in [0.25, 0.3) is 0 Å². The summed E-state index contributed by atoms with van der Waals surface area (Å²) in [5.41, 5.74) is 2.87. The maximum absolute atomic E-state index is 5.64. The van der Waals surface area contributed by atoms with Gasteiger partial charge in [-0.3, -0.25) is 0 Å². The fourth-order valence-corrected chi connectivity index (χ4v) is 1.92. The Kier molecular flexibility index (Phi) is 2.34. The summed E-state index contributed by atoms with van der Waals surface area (Å²) in [5, 5.41) is 3.28. The van der Waals surface area contributed by atoms with Crippen LogP contribution in [0, 0.1) is 6.92 Å². The van der Waals surface area contributed by atoms with Crippen LogP contribution in [-0.4, -0.2) is 34.6 Å². The van der Waals surface area contributed by atoms with E-state index in [1.54, 1.807) is 0 Å². The average molecular weight is 218 g/mol. The minimum Gasteiger partial charge on any atom is -0.368 e. The molecule has 84 valence electrons. The standard InChI is InChI=1S/C11H14N4O/c1-7-4-8-10(13-5-7)15-11(14-8)9-6-12-2-3-16-9/h4-5,9,12H,2-3,6H2,1H3,(H,13,14,15). The van der Waals surface area contributed by atoms with Gasteiger partial charge in [-0.1, -0.05) is 0 Å². The number of nitrogens with zero attached hydrogens (tertiary/aromatic N) is 2. The van der Waals surface area contributed by atoms with Crippen molar-refractivity contribution in [1.82, 2.24) is 20.3 Å². The molecule has 0 saturated carbocycles. The Morgan fingerprint density at radius 2 is 2.44 bits per heavy atom. The van der Waals surface area contributed by atoms with Crippen molar-refractivity contribution in [2.75, 3.05) is 19.7 Å². The molecule has 16 heavy (non-hydrogen) atoms. The monoisotopic (exact) mass is 218 g/mol. The summed E-state index contributed by atoms with van der Waals surface area (Å²) in [4.78, 5) is 12.0. The van der Waals surface area contributed by atoms with Gasteiger partial charge in [0.2, 0.25) is 0 Å². The molecule has 5 heteroatoms. The molecule has 2 aromatic rings. The van der Waals surface area contributed by atoms with Gasteiger partial charge in [0.05, 0.1) is 12.1 Å². The number of aromatic amines is 1. The highest BCUT2D eigenvalue weighted by Gasteiger charge is 2.19. The van der Waals surface area contributed by atoms with Gasteiger partial charge in [0, 0.05) is 19.3 Å². The molecule has 0 bridgehead atoms. The van der Waals surface area contributed by atoms with Crippen molar-refractivity contribution >= 4 is 11.2 Å². The Morgan fingerprint density at radius 3 is 3.25 bits per heavy atom. The quantitative estimate of drug-likeness (QED) is 0.747. The van der Waals surface area contributed by atoms with Crippen molar-refractivity contribution in [2.24, 2.45) is 0 Å². The van der Waals surface area contributed by atoms with E-state index >= 15 is 0 Å². The number of aromatic nitrogens is 3. The van der Waals surface area contributed by atoms with Gasteiger partial charge in [0.1, 0.15) is 11.9 Å². The van der Waals surface area contributed by atoms with Crippen LogP contribution in [-0.2, 0) is 4.74 Å². The van der Waals surface area contributed by atoms with Gasteiger partial charge in [-0.2, -0.15) is 0 Å². The van der Waals surface area contributed by atoms with E-state index in [0.717, 1.165) is 42.2 Å². The fourth-order valence-electron chi connectivity index (χ4n) is 1.92. The molecule has 0 aromatic carbocycles. The highest BCUT2D eigenvalue weighted by Crippen LogP contribution is 2.19. The number of rotatable bonds is 1. The summed E-state index contributed by atoms with van der Waals surface area (Å²) < 4.78 is 5.64. The molecule has 2 aromatic heterocycles. The third-order valence-corrected chi connectivity index (χ3v) is 2.73. The third-order valence-electron chi connectivity index (χ3n) is 2.73. The first kappa shape index (κ1) is 9.74. The van der Waals surface area contributed by atoms with Gasteiger partial charge in [0.15, 0.2) is 5.65 Å². The van der Waals surface area contributed by atoms with Crippen molar-refractivity contribution in [2.45, 2.75) is 13.0 Å². The Morgan fingerprint density at radius 1 is 1.50 bits per heavy atom. The molecule has 5 nitrogen and oxygen atoms in total. The molecule has 1 aliphatic heterocycles. The summed E-state index contributed by atoms with van der Waals surface area (Å²) in [6.07, 6.45) is 1.84. The van der Waals surface area contributed by atoms with Crippen LogP contribution in [0.2, 0.25) is 0 Å². The van der Waals surface area contributed by atoms with E-state index in [0.29, 0.717) is 0 Å². The van der Waals surface area contributed by atoms with Gasteiger partial charge in [-0.25, -0.2) is 9.97 Å². The molecular weight excluding hydrogens is 204 g/mol. The summed E-state index contributed by atoms with van der Waals surface area (Å²) in [5.74, 6) is 0.861. The normalized spacial score (nSPS) is 21.4. The first-order chi connectivity index (χ1) is 7.83. The lowest BCUT2D eigenvalue weighted by molar-refractivity contribution is 0.0228. The molecule has 1 fully saturated rings. The van der Waals surface area contributed by atoms with Crippen molar-refractivity contribution in [3.63, 3.8) is 0 Å². The molecule has 1 unspecified atom stereocenters. The van der Waals surface area contributed by atoms with Gasteiger partial charge >= 0.3 is 0 Å². The number of aryl methyl sites for hydroxylation is 1. The van der Waals surface area contributed by atoms with Gasteiger partial charge in [-0.05, 0) is 18.6 Å². The first-order valence-electron chi connectivity index (χ1n) is 5.47. The number of morpholine rings is 1. The van der Waals surface area contributed by atoms with E-state index in [9.17, 15) is 0 Å². The summed E-state index contributed by atoms with van der Waals surface area (Å²) in [6.45, 7) is 4.46. The van der Waals surface area contributed by atoms with Gasteiger partial charge in [-0.15, -0.1) is 0 Å². The van der Waals surface area contributed by atoms with E-state index in [1.807, 2.05) is 13.1 Å². The topological polar surface area (TPSA) is 62.8 Å². The third kappa shape index (κ3) is 1.68. The summed E-state index contributed by atoms with van der Waals surface area (Å²) in [7, 11) is 0. The van der Waals surface area contributed by atoms with Crippen LogP contribution in [0.15, 0.2) is 12.3 Å². The number of fused-ring (bicyclic) bond motifs is 1. The Hall–Kier alpha value is -1.46. The molecule has 3 rings (SSSR count). The Bertz CT molecular complexity index is 502. The van der Waals surface area contributed by atoms with Crippen molar-refractivity contribution in [1.29, 1.82) is 0 Å². The molecule has 1 atom stereocenters. The molecule has 0 spiro atoms. The molecule has 0 amide bonds. The van der Waals surface area contributed by atoms with Crippen molar-refractivity contribution in [3.05, 3.63) is 23.7 Å². The maximum atomic E-state index is 5.64. The fraction of sp³-hybridized carbons (Fsp3) is 0.455. The molecular formula is C11H14N4O. The molecule has 3 heterocycles. The highest BCUT2D eigenvalue weighted by molar-refractivity contribution is 5.71. The Labute approximate surface area is 93.2 Å². The number of hydrogen-bond donors (Lipinski definition) is 2. The molecule has 0 radical (unpaired) electrons. The second-order valence-electron chi connectivity index (χ2n) is 4.07. The van der Waals surface area contributed by atoms with Crippen LogP contribution in [0.25, 0.3) is 11.2 Å². The molecule has 1 saturated heterocycles. The number of H-pyrrole nitrogens is 1. The lowest BCUT2D eigenvalue weighted by Gasteiger charge is -2.21. The van der Waals surface area contributed by atoms with E-state index < -0.39 is 0 Å². The van der Waals surface area contributed by atoms with Crippen LogP contribution < -0.4 is 5.32 Å². The van der Waals surface area contributed by atoms with Crippen LogP contribution in [0.3, 0.4) is 0 Å². The molecule has 2 N–H and O–H groups in total. The van der Waals surface area contributed by atoms with Crippen LogP contribution in [0.4, 0.5) is 0 Å². The number of pyridine rings is 1. The average Bonchev–Trinajstić information content (AvgIpc) is 2.73. The first-order valence-corrected chi connectivity index (χ1v) is 5.47. The minimum absolute atomic E-state index is 0.0169. The second kappa shape index (κ2) is 3.84. The zero-order chi connectivity index (χ0) is 11.0. The van der Waals surface area contributed by atoms with E-state index in [-0.39, 0.29) is 6.10 Å². The smallest absolute Gasteiger partial charge is 0.177 e. The SMILES string of the molecule is Cc1cnc2nc(C3CNCCO3)[nH]c2c1. The van der Waals surface area contributed by atoms with E-state index in [1.165, 1.54) is 0 Å². The van der Waals surface area contributed by atoms with E-state index in [4.69, 9.17) is 4.74 Å². The number of ether oxygens (including phenoxy) is 1. The molecule has 1 aliphatic rings. The Balaban J connectivity index is 1.97. The zero-order valence-electron chi connectivity index (χ0n) is 9.16.